The van der Waals surface area contributed by atoms with Crippen molar-refractivity contribution in [3.63, 3.8) is 0 Å². The molecule has 1 amide bonds. The van der Waals surface area contributed by atoms with E-state index in [2.05, 4.69) is 5.32 Å². The maximum absolute atomic E-state index is 12.5. The number of nitrogens with one attached hydrogen (secondary N) is 1. The van der Waals surface area contributed by atoms with E-state index in [1.807, 2.05) is 32.0 Å². The molecule has 0 atom stereocenters. The first-order valence-corrected chi connectivity index (χ1v) is 7.92. The van der Waals surface area contributed by atoms with Gasteiger partial charge in [0.15, 0.2) is 0 Å². The third-order valence-electron chi connectivity index (χ3n) is 3.41. The van der Waals surface area contributed by atoms with Crippen molar-refractivity contribution in [1.82, 2.24) is 5.32 Å². The van der Waals surface area contributed by atoms with Gasteiger partial charge >= 0.3 is 6.18 Å². The summed E-state index contributed by atoms with van der Waals surface area (Å²) in [5.74, 6) is 0.490. The third kappa shape index (κ3) is 6.14. The molecule has 0 radical (unpaired) electrons. The van der Waals surface area contributed by atoms with Crippen LogP contribution in [0.4, 0.5) is 13.2 Å². The van der Waals surface area contributed by atoms with Crippen LogP contribution in [0.3, 0.4) is 0 Å². The Morgan fingerprint density at radius 2 is 1.76 bits per heavy atom. The van der Waals surface area contributed by atoms with Gasteiger partial charge in [0.2, 0.25) is 5.91 Å². The van der Waals surface area contributed by atoms with Crippen LogP contribution in [-0.2, 0) is 23.9 Å². The van der Waals surface area contributed by atoms with E-state index < -0.39 is 11.7 Å². The molecular weight excluding hydrogens is 331 g/mol. The minimum atomic E-state index is -4.36. The van der Waals surface area contributed by atoms with Crippen LogP contribution < -0.4 is 10.1 Å². The van der Waals surface area contributed by atoms with E-state index in [4.69, 9.17) is 4.74 Å². The molecule has 0 unspecified atom stereocenters. The van der Waals surface area contributed by atoms with E-state index in [-0.39, 0.29) is 25.0 Å². The zero-order valence-corrected chi connectivity index (χ0v) is 14.1. The molecule has 3 nitrogen and oxygen atoms in total. The lowest BCUT2D eigenvalue weighted by Crippen LogP contribution is -2.24. The molecule has 0 saturated carbocycles. The van der Waals surface area contributed by atoms with Gasteiger partial charge in [-0.05, 0) is 49.2 Å². The van der Waals surface area contributed by atoms with Crippen LogP contribution in [0.2, 0.25) is 0 Å². The Morgan fingerprint density at radius 3 is 2.36 bits per heavy atom. The van der Waals surface area contributed by atoms with Crippen molar-refractivity contribution < 1.29 is 22.7 Å². The molecule has 2 aromatic rings. The summed E-state index contributed by atoms with van der Waals surface area (Å²) in [7, 11) is 0. The van der Waals surface area contributed by atoms with Gasteiger partial charge in [-0.25, -0.2) is 0 Å². The van der Waals surface area contributed by atoms with Gasteiger partial charge in [0.1, 0.15) is 5.75 Å². The fourth-order valence-corrected chi connectivity index (χ4v) is 2.26. The lowest BCUT2D eigenvalue weighted by atomic mass is 10.1. The normalized spacial score (nSPS) is 11.4. The lowest BCUT2D eigenvalue weighted by Gasteiger charge is -2.11. The monoisotopic (exact) mass is 351 g/mol. The Morgan fingerprint density at radius 1 is 1.08 bits per heavy atom. The topological polar surface area (TPSA) is 38.3 Å². The highest BCUT2D eigenvalue weighted by molar-refractivity contribution is 5.78. The molecule has 0 aliphatic heterocycles. The molecule has 0 bridgehead atoms. The van der Waals surface area contributed by atoms with Crippen molar-refractivity contribution in [3.8, 4) is 5.75 Å². The number of carbonyl (C=O) groups excluding carboxylic acids is 1. The highest BCUT2D eigenvalue weighted by Gasteiger charge is 2.29. The summed E-state index contributed by atoms with van der Waals surface area (Å²) in [5.41, 5.74) is 0.714. The first kappa shape index (κ1) is 18.8. The van der Waals surface area contributed by atoms with Gasteiger partial charge in [0.25, 0.3) is 0 Å². The Bertz CT molecular complexity index is 709. The molecule has 0 aliphatic carbocycles. The molecule has 0 fully saturated rings. The highest BCUT2D eigenvalue weighted by Crippen LogP contribution is 2.29. The summed E-state index contributed by atoms with van der Waals surface area (Å²) in [5, 5.41) is 2.70. The second kappa shape index (κ2) is 8.05. The Balaban J connectivity index is 1.88. The summed E-state index contributed by atoms with van der Waals surface area (Å²) in [4.78, 5) is 12.0. The second-order valence-corrected chi connectivity index (χ2v) is 5.96. The largest absolute Gasteiger partial charge is 0.491 e. The Labute approximate surface area is 144 Å². The predicted octanol–water partition coefficient (Wildman–Crippen LogP) is 4.35. The van der Waals surface area contributed by atoms with Crippen LogP contribution in [0.5, 0.6) is 5.75 Å². The van der Waals surface area contributed by atoms with Crippen LogP contribution in [0.15, 0.2) is 48.5 Å². The molecule has 0 spiro atoms. The molecule has 0 heterocycles. The fraction of sp³-hybridized carbons (Fsp3) is 0.316. The number of carbonyl (C=O) groups is 1. The van der Waals surface area contributed by atoms with Crippen LogP contribution in [0, 0.1) is 0 Å². The Hall–Kier alpha value is -2.50. The van der Waals surface area contributed by atoms with Gasteiger partial charge in [-0.3, -0.25) is 4.79 Å². The van der Waals surface area contributed by atoms with Gasteiger partial charge in [-0.15, -0.1) is 0 Å². The van der Waals surface area contributed by atoms with E-state index in [0.29, 0.717) is 11.3 Å². The molecule has 0 saturated heterocycles. The number of benzene rings is 2. The molecule has 0 aromatic heterocycles. The van der Waals surface area contributed by atoms with Crippen LogP contribution in [-0.4, -0.2) is 12.0 Å². The van der Waals surface area contributed by atoms with Crippen molar-refractivity contribution in [2.75, 3.05) is 0 Å². The molecule has 2 rings (SSSR count). The van der Waals surface area contributed by atoms with Gasteiger partial charge < -0.3 is 10.1 Å². The van der Waals surface area contributed by atoms with Crippen molar-refractivity contribution >= 4 is 5.91 Å². The summed E-state index contributed by atoms with van der Waals surface area (Å²) < 4.78 is 43.1. The number of ether oxygens (including phenoxy) is 1. The minimum Gasteiger partial charge on any atom is -0.491 e. The van der Waals surface area contributed by atoms with Crippen LogP contribution in [0.1, 0.15) is 30.5 Å². The highest BCUT2D eigenvalue weighted by atomic mass is 19.4. The van der Waals surface area contributed by atoms with E-state index in [1.54, 1.807) is 6.07 Å². The fourth-order valence-electron chi connectivity index (χ4n) is 2.26. The molecule has 134 valence electrons. The number of hydrogen-bond donors (Lipinski definition) is 1. The molecular formula is C19H20F3NO2. The zero-order chi connectivity index (χ0) is 18.4. The number of halogens is 3. The van der Waals surface area contributed by atoms with Crippen molar-refractivity contribution in [1.29, 1.82) is 0 Å². The summed E-state index contributed by atoms with van der Waals surface area (Å²) in [6, 6.07) is 12.0. The molecule has 1 N–H and O–H groups in total. The van der Waals surface area contributed by atoms with Crippen LogP contribution >= 0.6 is 0 Å². The van der Waals surface area contributed by atoms with E-state index in [0.717, 1.165) is 17.7 Å². The summed E-state index contributed by atoms with van der Waals surface area (Å²) >= 11 is 0. The SMILES string of the molecule is CC(C)Oc1cccc(CC(=O)NCc2ccc(C(F)(F)F)cc2)c1. The van der Waals surface area contributed by atoms with E-state index >= 15 is 0 Å². The minimum absolute atomic E-state index is 0.0451. The van der Waals surface area contributed by atoms with Crippen molar-refractivity contribution in [2.24, 2.45) is 0 Å². The molecule has 25 heavy (non-hydrogen) atoms. The maximum Gasteiger partial charge on any atom is 0.416 e. The van der Waals surface area contributed by atoms with Crippen LogP contribution in [0.25, 0.3) is 0 Å². The molecule has 0 aliphatic rings. The quantitative estimate of drug-likeness (QED) is 0.840. The smallest absolute Gasteiger partial charge is 0.416 e. The third-order valence-corrected chi connectivity index (χ3v) is 3.41. The van der Waals surface area contributed by atoms with Gasteiger partial charge in [0.05, 0.1) is 18.1 Å². The first-order chi connectivity index (χ1) is 11.7. The summed E-state index contributed by atoms with van der Waals surface area (Å²) in [6.07, 6.45) is -4.13. The predicted molar refractivity (Wildman–Crippen MR) is 89.2 cm³/mol. The number of alkyl halides is 3. The average molecular weight is 351 g/mol. The van der Waals surface area contributed by atoms with Crippen molar-refractivity contribution in [2.45, 2.75) is 39.1 Å². The number of rotatable bonds is 6. The summed E-state index contributed by atoms with van der Waals surface area (Å²) in [6.45, 7) is 4.02. The second-order valence-electron chi connectivity index (χ2n) is 5.96. The Kier molecular flexibility index (Phi) is 6.07. The molecule has 2 aromatic carbocycles. The molecule has 6 heteroatoms. The first-order valence-electron chi connectivity index (χ1n) is 7.92. The van der Waals surface area contributed by atoms with Crippen molar-refractivity contribution in [3.05, 3.63) is 65.2 Å². The number of hydrogen-bond acceptors (Lipinski definition) is 2. The van der Waals surface area contributed by atoms with E-state index in [9.17, 15) is 18.0 Å². The zero-order valence-electron chi connectivity index (χ0n) is 14.1. The standard InChI is InChI=1S/C19H20F3NO2/c1-13(2)25-17-5-3-4-15(10-17)11-18(24)23-12-14-6-8-16(9-7-14)19(20,21)22/h3-10,13H,11-12H2,1-2H3,(H,23,24). The lowest BCUT2D eigenvalue weighted by molar-refractivity contribution is -0.137. The van der Waals surface area contributed by atoms with Gasteiger partial charge in [-0.1, -0.05) is 24.3 Å². The maximum atomic E-state index is 12.5. The average Bonchev–Trinajstić information content (AvgIpc) is 2.52. The van der Waals surface area contributed by atoms with Gasteiger partial charge in [-0.2, -0.15) is 13.2 Å². The van der Waals surface area contributed by atoms with Gasteiger partial charge in [0, 0.05) is 6.54 Å². The van der Waals surface area contributed by atoms with E-state index in [1.165, 1.54) is 12.1 Å². The number of amides is 1.